The Morgan fingerprint density at radius 3 is 2.00 bits per heavy atom. The number of carbonyl (C=O) groups excluding carboxylic acids is 1. The van der Waals surface area contributed by atoms with E-state index in [9.17, 15) is 9.18 Å². The number of rotatable bonds is 9. The van der Waals surface area contributed by atoms with E-state index in [2.05, 4.69) is 53.4 Å². The average Bonchev–Trinajstić information content (AvgIpc) is 2.90. The van der Waals surface area contributed by atoms with Gasteiger partial charge in [-0.2, -0.15) is 0 Å². The van der Waals surface area contributed by atoms with E-state index in [0.29, 0.717) is 31.9 Å². The molecule has 0 unspecified atom stereocenters. The first-order chi connectivity index (χ1) is 16.7. The second-order valence-electron chi connectivity index (χ2n) is 8.38. The summed E-state index contributed by atoms with van der Waals surface area (Å²) in [5.74, 6) is 0.735. The predicted octanol–water partition coefficient (Wildman–Crippen LogP) is 5.37. The van der Waals surface area contributed by atoms with Gasteiger partial charge >= 0.3 is 0 Å². The van der Waals surface area contributed by atoms with E-state index in [1.807, 2.05) is 47.4 Å². The van der Waals surface area contributed by atoms with Crippen LogP contribution in [0.3, 0.4) is 0 Å². The van der Waals surface area contributed by atoms with Gasteiger partial charge in [-0.1, -0.05) is 72.8 Å². The van der Waals surface area contributed by atoms with Crippen LogP contribution in [0.4, 0.5) is 4.39 Å². The lowest BCUT2D eigenvalue weighted by Gasteiger charge is -2.39. The number of amides is 1. The van der Waals surface area contributed by atoms with E-state index >= 15 is 0 Å². The summed E-state index contributed by atoms with van der Waals surface area (Å²) >= 11 is 0. The molecule has 4 rings (SSSR count). The Bertz CT molecular complexity index is 1010. The number of nitrogens with zero attached hydrogens (tertiary/aromatic N) is 2. The van der Waals surface area contributed by atoms with Crippen LogP contribution in [0.1, 0.15) is 29.2 Å². The molecule has 3 aromatic carbocycles. The van der Waals surface area contributed by atoms with Crippen LogP contribution >= 0.6 is 0 Å². The number of piperazine rings is 1. The summed E-state index contributed by atoms with van der Waals surface area (Å²) in [5.41, 5.74) is 3.47. The van der Waals surface area contributed by atoms with Gasteiger partial charge in [-0.15, -0.1) is 0 Å². The van der Waals surface area contributed by atoms with Crippen LogP contribution in [-0.4, -0.2) is 55.2 Å². The molecule has 34 heavy (non-hydrogen) atoms. The molecule has 0 radical (unpaired) electrons. The van der Waals surface area contributed by atoms with Crippen molar-refractivity contribution in [1.29, 1.82) is 0 Å². The predicted molar refractivity (Wildman–Crippen MR) is 134 cm³/mol. The van der Waals surface area contributed by atoms with Crippen LogP contribution in [-0.2, 0) is 4.79 Å². The first-order valence-corrected chi connectivity index (χ1v) is 11.8. The fraction of sp³-hybridized carbons (Fsp3) is 0.276. The molecule has 5 heteroatoms. The Hall–Kier alpha value is -3.44. The van der Waals surface area contributed by atoms with Crippen LogP contribution in [0.15, 0.2) is 91.0 Å². The normalized spacial score (nSPS) is 14.6. The summed E-state index contributed by atoms with van der Waals surface area (Å²) in [5, 5.41) is 0. The molecule has 176 valence electrons. The molecule has 0 spiro atoms. The van der Waals surface area contributed by atoms with Crippen molar-refractivity contribution in [3.63, 3.8) is 0 Å². The van der Waals surface area contributed by atoms with Crippen molar-refractivity contribution < 1.29 is 13.9 Å². The van der Waals surface area contributed by atoms with Gasteiger partial charge in [-0.05, 0) is 34.9 Å². The van der Waals surface area contributed by atoms with Gasteiger partial charge in [0.1, 0.15) is 5.75 Å². The van der Waals surface area contributed by atoms with E-state index in [0.717, 1.165) is 18.7 Å². The number of hydrogen-bond donors (Lipinski definition) is 0. The molecule has 4 nitrogen and oxygen atoms in total. The Labute approximate surface area is 201 Å². The van der Waals surface area contributed by atoms with E-state index in [-0.39, 0.29) is 18.6 Å². The molecule has 1 aliphatic rings. The highest BCUT2D eigenvalue weighted by Gasteiger charge is 2.27. The number of halogens is 1. The van der Waals surface area contributed by atoms with E-state index in [4.69, 9.17) is 4.74 Å². The van der Waals surface area contributed by atoms with Crippen molar-refractivity contribution in [3.8, 4) is 5.75 Å². The van der Waals surface area contributed by atoms with Gasteiger partial charge in [0.15, 0.2) is 0 Å². The van der Waals surface area contributed by atoms with Gasteiger partial charge in [0.2, 0.25) is 5.91 Å². The number of benzene rings is 3. The van der Waals surface area contributed by atoms with E-state index < -0.39 is 0 Å². The van der Waals surface area contributed by atoms with Crippen LogP contribution < -0.4 is 4.74 Å². The summed E-state index contributed by atoms with van der Waals surface area (Å²) in [7, 11) is 0. The van der Waals surface area contributed by atoms with E-state index in [1.54, 1.807) is 6.08 Å². The van der Waals surface area contributed by atoms with Crippen molar-refractivity contribution in [2.24, 2.45) is 0 Å². The molecule has 1 fully saturated rings. The maximum absolute atomic E-state index is 12.8. The molecular weight excluding hydrogens is 427 g/mol. The molecule has 0 aliphatic carbocycles. The first kappa shape index (κ1) is 23.7. The molecule has 0 saturated carbocycles. The maximum atomic E-state index is 12.8. The van der Waals surface area contributed by atoms with Gasteiger partial charge in [0.25, 0.3) is 0 Å². The van der Waals surface area contributed by atoms with Gasteiger partial charge in [0, 0.05) is 38.7 Å². The van der Waals surface area contributed by atoms with Crippen LogP contribution in [0.5, 0.6) is 5.75 Å². The Balaban J connectivity index is 1.34. The quantitative estimate of drug-likeness (QED) is 0.319. The monoisotopic (exact) mass is 458 g/mol. The van der Waals surface area contributed by atoms with E-state index in [1.165, 1.54) is 11.1 Å². The third kappa shape index (κ3) is 6.33. The molecule has 1 amide bonds. The highest BCUT2D eigenvalue weighted by Crippen LogP contribution is 2.29. The van der Waals surface area contributed by atoms with Crippen molar-refractivity contribution >= 4 is 12.0 Å². The van der Waals surface area contributed by atoms with Gasteiger partial charge in [-0.25, -0.2) is 0 Å². The largest absolute Gasteiger partial charge is 0.493 e. The summed E-state index contributed by atoms with van der Waals surface area (Å²) in [6, 6.07) is 28.8. The Kier molecular flexibility index (Phi) is 8.47. The standard InChI is InChI=1S/C29H31FN2O2/c30-18-7-23-34-27-15-12-24(13-16-27)14-17-28(33)31-19-21-32(22-20-31)29(25-8-3-1-4-9-25)26-10-5-2-6-11-26/h1-6,8-17,29H,7,18-23H2/b17-14+. The molecular formula is C29H31FN2O2. The summed E-state index contributed by atoms with van der Waals surface area (Å²) in [6.07, 6.45) is 3.86. The van der Waals surface area contributed by atoms with Crippen LogP contribution in [0, 0.1) is 0 Å². The average molecular weight is 459 g/mol. The molecule has 3 aromatic rings. The third-order valence-electron chi connectivity index (χ3n) is 6.07. The molecule has 0 aromatic heterocycles. The maximum Gasteiger partial charge on any atom is 0.246 e. The minimum absolute atomic E-state index is 0.0268. The van der Waals surface area contributed by atoms with Crippen LogP contribution in [0.2, 0.25) is 0 Å². The highest BCUT2D eigenvalue weighted by molar-refractivity contribution is 5.91. The lowest BCUT2D eigenvalue weighted by atomic mass is 9.96. The van der Waals surface area contributed by atoms with Gasteiger partial charge in [-0.3, -0.25) is 14.1 Å². The highest BCUT2D eigenvalue weighted by atomic mass is 19.1. The summed E-state index contributed by atoms with van der Waals surface area (Å²) in [6.45, 7) is 3.02. The number of hydrogen-bond acceptors (Lipinski definition) is 3. The molecule has 1 aliphatic heterocycles. The minimum Gasteiger partial charge on any atom is -0.493 e. The van der Waals surface area contributed by atoms with Crippen molar-refractivity contribution in [1.82, 2.24) is 9.80 Å². The number of carbonyl (C=O) groups is 1. The lowest BCUT2D eigenvalue weighted by Crippen LogP contribution is -2.49. The van der Waals surface area contributed by atoms with Crippen LogP contribution in [0.25, 0.3) is 6.08 Å². The minimum atomic E-state index is -0.379. The molecule has 0 bridgehead atoms. The molecule has 0 N–H and O–H groups in total. The first-order valence-electron chi connectivity index (χ1n) is 11.8. The molecule has 1 saturated heterocycles. The van der Waals surface area contributed by atoms with Crippen molar-refractivity contribution in [2.45, 2.75) is 12.5 Å². The fourth-order valence-corrected chi connectivity index (χ4v) is 4.28. The second kappa shape index (κ2) is 12.1. The zero-order chi connectivity index (χ0) is 23.6. The zero-order valence-electron chi connectivity index (χ0n) is 19.4. The zero-order valence-corrected chi connectivity index (χ0v) is 19.4. The smallest absolute Gasteiger partial charge is 0.246 e. The van der Waals surface area contributed by atoms with Gasteiger partial charge < -0.3 is 9.64 Å². The topological polar surface area (TPSA) is 32.8 Å². The molecule has 0 atom stereocenters. The Morgan fingerprint density at radius 2 is 1.44 bits per heavy atom. The SMILES string of the molecule is O=C(/C=C/c1ccc(OCCCF)cc1)N1CCN(C(c2ccccc2)c2ccccc2)CC1. The summed E-state index contributed by atoms with van der Waals surface area (Å²) < 4.78 is 17.6. The number of ether oxygens (including phenoxy) is 1. The van der Waals surface area contributed by atoms with Gasteiger partial charge in [0.05, 0.1) is 19.3 Å². The third-order valence-corrected chi connectivity index (χ3v) is 6.07. The van der Waals surface area contributed by atoms with Crippen molar-refractivity contribution in [3.05, 3.63) is 108 Å². The number of alkyl halides is 1. The van der Waals surface area contributed by atoms with Crippen molar-refractivity contribution in [2.75, 3.05) is 39.5 Å². The fourth-order valence-electron chi connectivity index (χ4n) is 4.28. The molecule has 1 heterocycles. The summed E-state index contributed by atoms with van der Waals surface area (Å²) in [4.78, 5) is 17.2. The lowest BCUT2D eigenvalue weighted by molar-refractivity contribution is -0.127. The second-order valence-corrected chi connectivity index (χ2v) is 8.38. The Morgan fingerprint density at radius 1 is 0.853 bits per heavy atom.